The minimum atomic E-state index is -0.256. The minimum Gasteiger partial charge on any atom is -0.349 e. The van der Waals surface area contributed by atoms with E-state index in [1.54, 1.807) is 0 Å². The van der Waals surface area contributed by atoms with Gasteiger partial charge in [-0.1, -0.05) is 45.7 Å². The van der Waals surface area contributed by atoms with Gasteiger partial charge in [0.05, 0.1) is 5.02 Å². The largest absolute Gasteiger partial charge is 0.349 e. The molecular weight excluding hydrogens is 340 g/mol. The Labute approximate surface area is 129 Å². The number of hydrogen-bond donors (Lipinski definition) is 2. The summed E-state index contributed by atoms with van der Waals surface area (Å²) < 4.78 is 0.918. The highest BCUT2D eigenvalue weighted by atomic mass is 79.9. The van der Waals surface area contributed by atoms with Crippen molar-refractivity contribution in [3.05, 3.63) is 63.7 Å². The summed E-state index contributed by atoms with van der Waals surface area (Å²) >= 11 is 9.67. The number of fused-ring (bicyclic) bond motifs is 1. The number of hydrogen-bond acceptors (Lipinski definition) is 1. The van der Waals surface area contributed by atoms with Gasteiger partial charge in [0.1, 0.15) is 5.69 Å². The van der Waals surface area contributed by atoms with Gasteiger partial charge < -0.3 is 10.3 Å². The monoisotopic (exact) mass is 348 g/mol. The normalized spacial score (nSPS) is 10.7. The van der Waals surface area contributed by atoms with Gasteiger partial charge in [-0.2, -0.15) is 0 Å². The van der Waals surface area contributed by atoms with Crippen LogP contribution in [0.1, 0.15) is 10.5 Å². The van der Waals surface area contributed by atoms with E-state index in [2.05, 4.69) is 26.2 Å². The van der Waals surface area contributed by atoms with E-state index in [9.17, 15) is 4.79 Å². The predicted molar refractivity (Wildman–Crippen MR) is 85.4 cm³/mol. The van der Waals surface area contributed by atoms with E-state index in [0.29, 0.717) is 10.7 Å². The maximum absolute atomic E-state index is 12.3. The van der Waals surface area contributed by atoms with Crippen LogP contribution in [-0.4, -0.2) is 10.9 Å². The van der Waals surface area contributed by atoms with Crippen molar-refractivity contribution >= 4 is 50.0 Å². The number of aromatic amines is 1. The van der Waals surface area contributed by atoms with Crippen molar-refractivity contribution in [2.75, 3.05) is 5.32 Å². The predicted octanol–water partition coefficient (Wildman–Crippen LogP) is 4.84. The van der Waals surface area contributed by atoms with Crippen molar-refractivity contribution in [1.29, 1.82) is 0 Å². The highest BCUT2D eigenvalue weighted by Crippen LogP contribution is 2.30. The molecule has 100 valence electrons. The molecule has 1 aromatic heterocycles. The maximum atomic E-state index is 12.3. The summed E-state index contributed by atoms with van der Waals surface area (Å²) in [5, 5.41) is 4.05. The van der Waals surface area contributed by atoms with E-state index in [4.69, 9.17) is 11.6 Å². The summed E-state index contributed by atoms with van der Waals surface area (Å²) in [4.78, 5) is 15.3. The molecule has 0 spiro atoms. The summed E-state index contributed by atoms with van der Waals surface area (Å²) in [5.41, 5.74) is 1.92. The first-order valence-electron chi connectivity index (χ1n) is 5.98. The fourth-order valence-electron chi connectivity index (χ4n) is 2.00. The molecule has 0 saturated carbocycles. The van der Waals surface area contributed by atoms with E-state index in [-0.39, 0.29) is 5.91 Å². The van der Waals surface area contributed by atoms with Crippen LogP contribution in [0.15, 0.2) is 53.0 Å². The summed E-state index contributed by atoms with van der Waals surface area (Å²) in [7, 11) is 0. The first-order chi connectivity index (χ1) is 9.65. The molecular formula is C15H10BrClN2O. The zero-order valence-corrected chi connectivity index (χ0v) is 12.6. The molecule has 2 N–H and O–H groups in total. The summed E-state index contributed by atoms with van der Waals surface area (Å²) in [6.07, 6.45) is 0. The SMILES string of the molecule is O=C(Nc1ccccc1)c1[nH]c2ccc(Br)cc2c1Cl. The van der Waals surface area contributed by atoms with Crippen LogP contribution in [0.2, 0.25) is 5.02 Å². The number of halogens is 2. The lowest BCUT2D eigenvalue weighted by molar-refractivity contribution is 0.102. The number of aromatic nitrogens is 1. The first-order valence-corrected chi connectivity index (χ1v) is 7.15. The van der Waals surface area contributed by atoms with Crippen LogP contribution in [0.5, 0.6) is 0 Å². The third kappa shape index (κ3) is 2.44. The third-order valence-electron chi connectivity index (χ3n) is 2.96. The zero-order valence-electron chi connectivity index (χ0n) is 10.3. The number of anilines is 1. The molecule has 0 aliphatic rings. The van der Waals surface area contributed by atoms with E-state index >= 15 is 0 Å². The van der Waals surface area contributed by atoms with Crippen molar-refractivity contribution in [3.63, 3.8) is 0 Å². The lowest BCUT2D eigenvalue weighted by atomic mass is 10.2. The molecule has 0 unspecified atom stereocenters. The van der Waals surface area contributed by atoms with E-state index in [0.717, 1.165) is 21.1 Å². The van der Waals surface area contributed by atoms with Crippen molar-refractivity contribution in [2.24, 2.45) is 0 Å². The Bertz CT molecular complexity index is 783. The smallest absolute Gasteiger partial charge is 0.273 e. The van der Waals surface area contributed by atoms with Crippen LogP contribution in [0, 0.1) is 0 Å². The van der Waals surface area contributed by atoms with Crippen molar-refractivity contribution < 1.29 is 4.79 Å². The van der Waals surface area contributed by atoms with Gasteiger partial charge in [-0.15, -0.1) is 0 Å². The number of rotatable bonds is 2. The van der Waals surface area contributed by atoms with E-state index in [1.807, 2.05) is 48.5 Å². The van der Waals surface area contributed by atoms with Gasteiger partial charge in [0.15, 0.2) is 0 Å². The lowest BCUT2D eigenvalue weighted by Crippen LogP contribution is -2.12. The van der Waals surface area contributed by atoms with Gasteiger partial charge in [-0.05, 0) is 30.3 Å². The van der Waals surface area contributed by atoms with Crippen molar-refractivity contribution in [1.82, 2.24) is 4.98 Å². The Morgan fingerprint density at radius 1 is 1.15 bits per heavy atom. The lowest BCUT2D eigenvalue weighted by Gasteiger charge is -2.03. The number of benzene rings is 2. The fraction of sp³-hybridized carbons (Fsp3) is 0. The number of para-hydroxylation sites is 1. The Morgan fingerprint density at radius 2 is 1.90 bits per heavy atom. The third-order valence-corrected chi connectivity index (χ3v) is 3.84. The summed E-state index contributed by atoms with van der Waals surface area (Å²) in [6.45, 7) is 0. The first kappa shape index (κ1) is 13.2. The molecule has 2 aromatic carbocycles. The van der Waals surface area contributed by atoms with Crippen molar-refractivity contribution in [3.8, 4) is 0 Å². The van der Waals surface area contributed by atoms with Gasteiger partial charge in [0.25, 0.3) is 5.91 Å². The zero-order chi connectivity index (χ0) is 14.1. The molecule has 0 fully saturated rings. The van der Waals surface area contributed by atoms with Crippen LogP contribution in [0.25, 0.3) is 10.9 Å². The second kappa shape index (κ2) is 5.31. The van der Waals surface area contributed by atoms with Crippen LogP contribution in [0.4, 0.5) is 5.69 Å². The van der Waals surface area contributed by atoms with Crippen LogP contribution in [0.3, 0.4) is 0 Å². The van der Waals surface area contributed by atoms with Crippen LogP contribution >= 0.6 is 27.5 Å². The number of amides is 1. The molecule has 3 rings (SSSR count). The van der Waals surface area contributed by atoms with Crippen LogP contribution < -0.4 is 5.32 Å². The Morgan fingerprint density at radius 3 is 2.65 bits per heavy atom. The summed E-state index contributed by atoms with van der Waals surface area (Å²) in [6, 6.07) is 14.9. The van der Waals surface area contributed by atoms with E-state index in [1.165, 1.54) is 0 Å². The average molecular weight is 350 g/mol. The molecule has 0 atom stereocenters. The Hall–Kier alpha value is -1.78. The Balaban J connectivity index is 1.98. The van der Waals surface area contributed by atoms with Gasteiger partial charge in [0, 0.05) is 21.1 Å². The second-order valence-corrected chi connectivity index (χ2v) is 5.62. The minimum absolute atomic E-state index is 0.256. The molecule has 0 bridgehead atoms. The topological polar surface area (TPSA) is 44.9 Å². The molecule has 0 saturated heterocycles. The molecule has 0 radical (unpaired) electrons. The summed E-state index contributed by atoms with van der Waals surface area (Å²) in [5.74, 6) is -0.256. The average Bonchev–Trinajstić information content (AvgIpc) is 2.77. The highest BCUT2D eigenvalue weighted by molar-refractivity contribution is 9.10. The molecule has 1 heterocycles. The number of carbonyl (C=O) groups excluding carboxylic acids is 1. The highest BCUT2D eigenvalue weighted by Gasteiger charge is 2.16. The molecule has 0 aliphatic heterocycles. The molecule has 3 nitrogen and oxygen atoms in total. The number of carbonyl (C=O) groups is 1. The molecule has 20 heavy (non-hydrogen) atoms. The molecule has 1 amide bonds. The van der Waals surface area contributed by atoms with Gasteiger partial charge in [-0.25, -0.2) is 0 Å². The number of H-pyrrole nitrogens is 1. The Kier molecular flexibility index (Phi) is 3.51. The molecule has 5 heteroatoms. The van der Waals surface area contributed by atoms with Crippen molar-refractivity contribution in [2.45, 2.75) is 0 Å². The quantitative estimate of drug-likeness (QED) is 0.683. The molecule has 0 aliphatic carbocycles. The van der Waals surface area contributed by atoms with E-state index < -0.39 is 0 Å². The van der Waals surface area contributed by atoms with Crippen LogP contribution in [-0.2, 0) is 0 Å². The standard InChI is InChI=1S/C15H10BrClN2O/c16-9-6-7-12-11(8-9)13(17)14(19-12)15(20)18-10-4-2-1-3-5-10/h1-8,19H,(H,18,20). The second-order valence-electron chi connectivity index (χ2n) is 4.32. The van der Waals surface area contributed by atoms with Gasteiger partial charge >= 0.3 is 0 Å². The van der Waals surface area contributed by atoms with Gasteiger partial charge in [0.2, 0.25) is 0 Å². The maximum Gasteiger partial charge on any atom is 0.273 e. The molecule has 3 aromatic rings. The van der Waals surface area contributed by atoms with Gasteiger partial charge in [-0.3, -0.25) is 4.79 Å². The number of nitrogens with one attached hydrogen (secondary N) is 2. The fourth-order valence-corrected chi connectivity index (χ4v) is 2.65.